The highest BCUT2D eigenvalue weighted by atomic mass is 32.1. The Morgan fingerprint density at radius 1 is 1.35 bits per heavy atom. The number of hydrogen-bond acceptors (Lipinski definition) is 3. The molecule has 0 N–H and O–H groups in total. The maximum absolute atomic E-state index is 13.3. The fourth-order valence-corrected chi connectivity index (χ4v) is 2.09. The van der Waals surface area contributed by atoms with Crippen molar-refractivity contribution in [2.45, 2.75) is 13.0 Å². The summed E-state index contributed by atoms with van der Waals surface area (Å²) in [5.74, 6) is -0.575. The van der Waals surface area contributed by atoms with Gasteiger partial charge in [-0.25, -0.2) is 4.39 Å². The lowest BCUT2D eigenvalue weighted by molar-refractivity contribution is -0.119. The van der Waals surface area contributed by atoms with Gasteiger partial charge in [-0.15, -0.1) is 0 Å². The van der Waals surface area contributed by atoms with Gasteiger partial charge in [0.1, 0.15) is 5.82 Å². The number of Topliss-reactive ketones (excluding diaryl/α,β-unsaturated/α-hetero) is 1. The summed E-state index contributed by atoms with van der Waals surface area (Å²) in [5, 5.41) is 1.62. The molecule has 0 aliphatic rings. The SMILES string of the molecule is O=C(Cc1ccccc1F)Cn1ccsc1=O. The van der Waals surface area contributed by atoms with Gasteiger partial charge in [0.25, 0.3) is 0 Å². The highest BCUT2D eigenvalue weighted by Gasteiger charge is 2.09. The van der Waals surface area contributed by atoms with Crippen molar-refractivity contribution in [2.75, 3.05) is 0 Å². The fraction of sp³-hybridized carbons (Fsp3) is 0.167. The van der Waals surface area contributed by atoms with Crippen LogP contribution in [0.25, 0.3) is 0 Å². The molecule has 0 spiro atoms. The molecule has 0 fully saturated rings. The van der Waals surface area contributed by atoms with E-state index in [1.807, 2.05) is 0 Å². The van der Waals surface area contributed by atoms with Gasteiger partial charge in [-0.3, -0.25) is 14.2 Å². The molecule has 88 valence electrons. The van der Waals surface area contributed by atoms with Gasteiger partial charge in [-0.05, 0) is 11.6 Å². The lowest BCUT2D eigenvalue weighted by Crippen LogP contribution is -2.20. The summed E-state index contributed by atoms with van der Waals surface area (Å²) in [4.78, 5) is 22.7. The quantitative estimate of drug-likeness (QED) is 0.832. The third-order valence-electron chi connectivity index (χ3n) is 2.34. The summed E-state index contributed by atoms with van der Waals surface area (Å²) in [6, 6.07) is 6.15. The summed E-state index contributed by atoms with van der Waals surface area (Å²) >= 11 is 1.04. The van der Waals surface area contributed by atoms with Gasteiger partial charge in [0.15, 0.2) is 5.78 Å². The first-order chi connectivity index (χ1) is 8.16. The first kappa shape index (κ1) is 11.7. The standard InChI is InChI=1S/C12H10FNO2S/c13-11-4-2-1-3-9(11)7-10(15)8-14-5-6-17-12(14)16/h1-6H,7-8H2. The predicted octanol–water partition coefficient (Wildman–Crippen LogP) is 1.86. The maximum atomic E-state index is 13.3. The molecular formula is C12H10FNO2S. The summed E-state index contributed by atoms with van der Waals surface area (Å²) in [6.45, 7) is -0.00331. The van der Waals surface area contributed by atoms with Crippen LogP contribution < -0.4 is 4.87 Å². The van der Waals surface area contributed by atoms with Crippen molar-refractivity contribution in [3.63, 3.8) is 0 Å². The molecule has 1 aromatic carbocycles. The van der Waals surface area contributed by atoms with Crippen molar-refractivity contribution in [3.05, 3.63) is 56.9 Å². The van der Waals surface area contributed by atoms with Crippen molar-refractivity contribution < 1.29 is 9.18 Å². The second-order valence-electron chi connectivity index (χ2n) is 3.60. The Hall–Kier alpha value is -1.75. The molecule has 0 saturated heterocycles. The van der Waals surface area contributed by atoms with Gasteiger partial charge < -0.3 is 0 Å². The van der Waals surface area contributed by atoms with E-state index in [0.29, 0.717) is 5.56 Å². The molecule has 0 saturated carbocycles. The number of hydrogen-bond donors (Lipinski definition) is 0. The Kier molecular flexibility index (Phi) is 3.49. The second-order valence-corrected chi connectivity index (χ2v) is 4.46. The molecule has 5 heteroatoms. The lowest BCUT2D eigenvalue weighted by atomic mass is 10.1. The van der Waals surface area contributed by atoms with E-state index in [9.17, 15) is 14.0 Å². The van der Waals surface area contributed by atoms with Crippen LogP contribution in [0, 0.1) is 5.82 Å². The highest BCUT2D eigenvalue weighted by Crippen LogP contribution is 2.07. The third-order valence-corrected chi connectivity index (χ3v) is 3.03. The van der Waals surface area contributed by atoms with Crippen molar-refractivity contribution in [1.29, 1.82) is 0 Å². The van der Waals surface area contributed by atoms with Crippen LogP contribution in [0.2, 0.25) is 0 Å². The highest BCUT2D eigenvalue weighted by molar-refractivity contribution is 7.07. The number of benzene rings is 1. The molecule has 3 nitrogen and oxygen atoms in total. The molecule has 17 heavy (non-hydrogen) atoms. The van der Waals surface area contributed by atoms with E-state index in [4.69, 9.17) is 0 Å². The zero-order chi connectivity index (χ0) is 12.3. The van der Waals surface area contributed by atoms with Crippen molar-refractivity contribution in [2.24, 2.45) is 0 Å². The van der Waals surface area contributed by atoms with Crippen LogP contribution in [0.5, 0.6) is 0 Å². The molecule has 0 radical (unpaired) electrons. The average Bonchev–Trinajstić information content (AvgIpc) is 2.68. The van der Waals surface area contributed by atoms with Crippen LogP contribution in [0.1, 0.15) is 5.56 Å². The molecule has 1 aromatic heterocycles. The van der Waals surface area contributed by atoms with Gasteiger partial charge >= 0.3 is 4.87 Å². The first-order valence-electron chi connectivity index (χ1n) is 5.06. The van der Waals surface area contributed by atoms with Crippen molar-refractivity contribution in [3.8, 4) is 0 Å². The van der Waals surface area contributed by atoms with E-state index < -0.39 is 5.82 Å². The number of aromatic nitrogens is 1. The van der Waals surface area contributed by atoms with Gasteiger partial charge in [-0.1, -0.05) is 29.5 Å². The Morgan fingerprint density at radius 3 is 2.76 bits per heavy atom. The second kappa shape index (κ2) is 5.05. The molecule has 0 atom stereocenters. The van der Waals surface area contributed by atoms with Crippen molar-refractivity contribution >= 4 is 17.1 Å². The normalized spacial score (nSPS) is 10.4. The number of nitrogens with zero attached hydrogens (tertiary/aromatic N) is 1. The summed E-state index contributed by atoms with van der Waals surface area (Å²) in [6.07, 6.45) is 1.57. The fourth-order valence-electron chi connectivity index (χ4n) is 1.51. The van der Waals surface area contributed by atoms with Gasteiger partial charge in [0.2, 0.25) is 0 Å². The van der Waals surface area contributed by atoms with Crippen LogP contribution in [-0.2, 0) is 17.8 Å². The molecule has 0 unspecified atom stereocenters. The molecule has 0 aliphatic carbocycles. The molecule has 1 heterocycles. The maximum Gasteiger partial charge on any atom is 0.307 e. The van der Waals surface area contributed by atoms with Gasteiger partial charge in [0, 0.05) is 18.0 Å². The zero-order valence-corrected chi connectivity index (χ0v) is 9.74. The minimum absolute atomic E-state index is 0.00331. The van der Waals surface area contributed by atoms with Crippen LogP contribution >= 0.6 is 11.3 Å². The average molecular weight is 251 g/mol. The zero-order valence-electron chi connectivity index (χ0n) is 8.93. The summed E-state index contributed by atoms with van der Waals surface area (Å²) in [5.41, 5.74) is 0.362. The van der Waals surface area contributed by atoms with Crippen LogP contribution in [0.15, 0.2) is 40.6 Å². The number of carbonyl (C=O) groups excluding carboxylic acids is 1. The van der Waals surface area contributed by atoms with E-state index in [1.165, 1.54) is 10.6 Å². The molecule has 0 bridgehead atoms. The minimum Gasteiger partial charge on any atom is -0.299 e. The Balaban J connectivity index is 2.06. The first-order valence-corrected chi connectivity index (χ1v) is 5.94. The molecule has 0 aliphatic heterocycles. The Bertz CT molecular complexity index is 588. The smallest absolute Gasteiger partial charge is 0.299 e. The van der Waals surface area contributed by atoms with Crippen LogP contribution in [0.4, 0.5) is 4.39 Å². The number of ketones is 1. The van der Waals surface area contributed by atoms with Gasteiger partial charge in [-0.2, -0.15) is 0 Å². The predicted molar refractivity (Wildman–Crippen MR) is 63.7 cm³/mol. The number of thiazole rings is 1. The summed E-state index contributed by atoms with van der Waals surface area (Å²) < 4.78 is 14.6. The Morgan fingerprint density at radius 2 is 2.12 bits per heavy atom. The number of halogens is 1. The third kappa shape index (κ3) is 2.88. The van der Waals surface area contributed by atoms with E-state index in [-0.39, 0.29) is 23.6 Å². The van der Waals surface area contributed by atoms with Crippen molar-refractivity contribution in [1.82, 2.24) is 4.57 Å². The van der Waals surface area contributed by atoms with Crippen LogP contribution in [0.3, 0.4) is 0 Å². The largest absolute Gasteiger partial charge is 0.307 e. The van der Waals surface area contributed by atoms with E-state index >= 15 is 0 Å². The molecule has 2 rings (SSSR count). The van der Waals surface area contributed by atoms with E-state index in [0.717, 1.165) is 11.3 Å². The number of rotatable bonds is 4. The van der Waals surface area contributed by atoms with Gasteiger partial charge in [0.05, 0.1) is 6.54 Å². The van der Waals surface area contributed by atoms with E-state index in [1.54, 1.807) is 29.8 Å². The Labute approximate surface area is 101 Å². The summed E-state index contributed by atoms with van der Waals surface area (Å²) in [7, 11) is 0. The van der Waals surface area contributed by atoms with E-state index in [2.05, 4.69) is 0 Å². The minimum atomic E-state index is -0.390. The number of carbonyl (C=O) groups is 1. The topological polar surface area (TPSA) is 39.1 Å². The van der Waals surface area contributed by atoms with Crippen LogP contribution in [-0.4, -0.2) is 10.4 Å². The monoisotopic (exact) mass is 251 g/mol. The molecular weight excluding hydrogens is 241 g/mol. The lowest BCUT2D eigenvalue weighted by Gasteiger charge is -2.02. The molecule has 0 amide bonds. The molecule has 2 aromatic rings.